The molecule has 0 aliphatic heterocycles. The van der Waals surface area contributed by atoms with E-state index in [1.54, 1.807) is 6.20 Å². The SMILES string of the molecule is CC(NCCCC(F)(F)F)c1nccs1. The maximum absolute atomic E-state index is 11.8. The number of rotatable bonds is 5. The number of alkyl halides is 3. The molecule has 1 aromatic heterocycles. The van der Waals surface area contributed by atoms with E-state index in [1.165, 1.54) is 11.3 Å². The van der Waals surface area contributed by atoms with Gasteiger partial charge in [0.1, 0.15) is 5.01 Å². The summed E-state index contributed by atoms with van der Waals surface area (Å²) in [5, 5.41) is 5.76. The highest BCUT2D eigenvalue weighted by molar-refractivity contribution is 7.09. The molecular weight excluding hydrogens is 225 g/mol. The maximum Gasteiger partial charge on any atom is 0.389 e. The summed E-state index contributed by atoms with van der Waals surface area (Å²) in [6.45, 7) is 2.26. The van der Waals surface area contributed by atoms with E-state index in [4.69, 9.17) is 0 Å². The minimum atomic E-state index is -4.05. The molecule has 0 saturated carbocycles. The predicted octanol–water partition coefficient (Wildman–Crippen LogP) is 3.14. The Hall–Kier alpha value is -0.620. The zero-order valence-electron chi connectivity index (χ0n) is 8.34. The van der Waals surface area contributed by atoms with Gasteiger partial charge in [0, 0.05) is 18.0 Å². The molecule has 86 valence electrons. The molecule has 1 rings (SSSR count). The van der Waals surface area contributed by atoms with E-state index in [2.05, 4.69) is 10.3 Å². The summed E-state index contributed by atoms with van der Waals surface area (Å²) >= 11 is 1.50. The quantitative estimate of drug-likeness (QED) is 0.797. The first-order chi connectivity index (χ1) is 6.99. The van der Waals surface area contributed by atoms with E-state index in [1.807, 2.05) is 12.3 Å². The lowest BCUT2D eigenvalue weighted by atomic mass is 10.3. The van der Waals surface area contributed by atoms with Crippen LogP contribution in [0.3, 0.4) is 0 Å². The van der Waals surface area contributed by atoms with Gasteiger partial charge in [0.25, 0.3) is 0 Å². The highest BCUT2D eigenvalue weighted by Crippen LogP contribution is 2.21. The highest BCUT2D eigenvalue weighted by Gasteiger charge is 2.25. The van der Waals surface area contributed by atoms with E-state index in [-0.39, 0.29) is 12.5 Å². The molecule has 0 saturated heterocycles. The van der Waals surface area contributed by atoms with Crippen molar-refractivity contribution in [1.29, 1.82) is 0 Å². The summed E-state index contributed by atoms with van der Waals surface area (Å²) < 4.78 is 35.4. The lowest BCUT2D eigenvalue weighted by Gasteiger charge is -2.11. The van der Waals surface area contributed by atoms with Gasteiger partial charge in [-0.25, -0.2) is 4.98 Å². The molecular formula is C9H13F3N2S. The van der Waals surface area contributed by atoms with Gasteiger partial charge in [0.05, 0.1) is 6.04 Å². The highest BCUT2D eigenvalue weighted by atomic mass is 32.1. The standard InChI is InChI=1S/C9H13F3N2S/c1-7(8-14-5-6-15-8)13-4-2-3-9(10,11)12/h5-7,13H,2-4H2,1H3. The average molecular weight is 238 g/mol. The number of nitrogens with zero attached hydrogens (tertiary/aromatic N) is 1. The molecule has 0 fully saturated rings. The van der Waals surface area contributed by atoms with Crippen LogP contribution in [0.2, 0.25) is 0 Å². The van der Waals surface area contributed by atoms with Crippen LogP contribution in [0.1, 0.15) is 30.8 Å². The Labute approximate surface area is 90.5 Å². The molecule has 1 unspecified atom stereocenters. The van der Waals surface area contributed by atoms with Gasteiger partial charge in [-0.2, -0.15) is 13.2 Å². The second-order valence-electron chi connectivity index (χ2n) is 3.26. The molecule has 15 heavy (non-hydrogen) atoms. The lowest BCUT2D eigenvalue weighted by Crippen LogP contribution is -2.21. The third kappa shape index (κ3) is 5.13. The van der Waals surface area contributed by atoms with Gasteiger partial charge in [-0.1, -0.05) is 0 Å². The molecule has 0 aliphatic carbocycles. The van der Waals surface area contributed by atoms with E-state index in [9.17, 15) is 13.2 Å². The first-order valence-electron chi connectivity index (χ1n) is 4.68. The number of thiazole rings is 1. The first-order valence-corrected chi connectivity index (χ1v) is 5.56. The van der Waals surface area contributed by atoms with Gasteiger partial charge < -0.3 is 5.32 Å². The van der Waals surface area contributed by atoms with Crippen molar-refractivity contribution < 1.29 is 13.2 Å². The third-order valence-corrected chi connectivity index (χ3v) is 2.87. The van der Waals surface area contributed by atoms with Gasteiger partial charge >= 0.3 is 6.18 Å². The molecule has 0 aromatic carbocycles. The van der Waals surface area contributed by atoms with Crippen molar-refractivity contribution in [2.75, 3.05) is 6.54 Å². The van der Waals surface area contributed by atoms with Crippen molar-refractivity contribution in [3.05, 3.63) is 16.6 Å². The van der Waals surface area contributed by atoms with Crippen LogP contribution in [-0.2, 0) is 0 Å². The van der Waals surface area contributed by atoms with Gasteiger partial charge in [-0.3, -0.25) is 0 Å². The van der Waals surface area contributed by atoms with Gasteiger partial charge in [0.15, 0.2) is 0 Å². The predicted molar refractivity (Wildman–Crippen MR) is 53.8 cm³/mol. The van der Waals surface area contributed by atoms with E-state index >= 15 is 0 Å². The molecule has 1 heterocycles. The number of aromatic nitrogens is 1. The molecule has 1 N–H and O–H groups in total. The largest absolute Gasteiger partial charge is 0.389 e. The molecule has 0 spiro atoms. The summed E-state index contributed by atoms with van der Waals surface area (Å²) in [4.78, 5) is 4.08. The van der Waals surface area contributed by atoms with Crippen LogP contribution < -0.4 is 5.32 Å². The molecule has 0 radical (unpaired) electrons. The fraction of sp³-hybridized carbons (Fsp3) is 0.667. The van der Waals surface area contributed by atoms with Gasteiger partial charge in [-0.05, 0) is 19.9 Å². The van der Waals surface area contributed by atoms with Crippen LogP contribution in [0.25, 0.3) is 0 Å². The fourth-order valence-electron chi connectivity index (χ4n) is 1.14. The zero-order valence-corrected chi connectivity index (χ0v) is 9.16. The summed E-state index contributed by atoms with van der Waals surface area (Å²) in [6.07, 6.45) is -2.98. The molecule has 0 amide bonds. The van der Waals surface area contributed by atoms with Crippen molar-refractivity contribution in [2.24, 2.45) is 0 Å². The topological polar surface area (TPSA) is 24.9 Å². The third-order valence-electron chi connectivity index (χ3n) is 1.91. The van der Waals surface area contributed by atoms with Crippen molar-refractivity contribution in [2.45, 2.75) is 32.0 Å². The summed E-state index contributed by atoms with van der Waals surface area (Å²) in [5.74, 6) is 0. The zero-order chi connectivity index (χ0) is 11.3. The van der Waals surface area contributed by atoms with Crippen LogP contribution in [0.4, 0.5) is 13.2 Å². The average Bonchev–Trinajstić information content (AvgIpc) is 2.63. The Balaban J connectivity index is 2.16. The minimum Gasteiger partial charge on any atom is -0.308 e. The smallest absolute Gasteiger partial charge is 0.308 e. The van der Waals surface area contributed by atoms with Gasteiger partial charge in [-0.15, -0.1) is 11.3 Å². The molecule has 0 aliphatic rings. The van der Waals surface area contributed by atoms with Crippen LogP contribution in [0.5, 0.6) is 0 Å². The van der Waals surface area contributed by atoms with Crippen LogP contribution >= 0.6 is 11.3 Å². The van der Waals surface area contributed by atoms with E-state index in [0.717, 1.165) is 5.01 Å². The fourth-order valence-corrected chi connectivity index (χ4v) is 1.81. The van der Waals surface area contributed by atoms with Crippen LogP contribution in [0, 0.1) is 0 Å². The number of hydrogen-bond donors (Lipinski definition) is 1. The number of hydrogen-bond acceptors (Lipinski definition) is 3. The number of halogens is 3. The Bertz CT molecular complexity index is 271. The monoisotopic (exact) mass is 238 g/mol. The Kier molecular flexibility index (Phi) is 4.53. The summed E-state index contributed by atoms with van der Waals surface area (Å²) in [6, 6.07) is 0.0261. The molecule has 2 nitrogen and oxygen atoms in total. The van der Waals surface area contributed by atoms with E-state index < -0.39 is 12.6 Å². The molecule has 1 atom stereocenters. The normalized spacial score (nSPS) is 14.1. The summed E-state index contributed by atoms with van der Waals surface area (Å²) in [5.41, 5.74) is 0. The van der Waals surface area contributed by atoms with Gasteiger partial charge in [0.2, 0.25) is 0 Å². The van der Waals surface area contributed by atoms with Crippen molar-refractivity contribution in [3.63, 3.8) is 0 Å². The Morgan fingerprint density at radius 2 is 2.27 bits per heavy atom. The lowest BCUT2D eigenvalue weighted by molar-refractivity contribution is -0.135. The second kappa shape index (κ2) is 5.46. The Morgan fingerprint density at radius 3 is 2.80 bits per heavy atom. The van der Waals surface area contributed by atoms with Crippen LogP contribution in [0.15, 0.2) is 11.6 Å². The van der Waals surface area contributed by atoms with Crippen molar-refractivity contribution >= 4 is 11.3 Å². The van der Waals surface area contributed by atoms with Crippen molar-refractivity contribution in [3.8, 4) is 0 Å². The maximum atomic E-state index is 11.8. The molecule has 6 heteroatoms. The minimum absolute atomic E-state index is 0.0261. The van der Waals surface area contributed by atoms with E-state index in [0.29, 0.717) is 6.54 Å². The second-order valence-corrected chi connectivity index (χ2v) is 4.19. The van der Waals surface area contributed by atoms with Crippen LogP contribution in [-0.4, -0.2) is 17.7 Å². The molecule has 1 aromatic rings. The first kappa shape index (κ1) is 12.4. The summed E-state index contributed by atoms with van der Waals surface area (Å²) in [7, 11) is 0. The Morgan fingerprint density at radius 1 is 1.53 bits per heavy atom. The number of nitrogens with one attached hydrogen (secondary N) is 1. The molecule has 0 bridgehead atoms. The van der Waals surface area contributed by atoms with Crippen molar-refractivity contribution in [1.82, 2.24) is 10.3 Å².